The van der Waals surface area contributed by atoms with Crippen molar-refractivity contribution in [2.24, 2.45) is 0 Å². The molecular weight excluding hydrogens is 500 g/mol. The maximum atomic E-state index is 13.4. The van der Waals surface area contributed by atoms with Crippen molar-refractivity contribution in [3.05, 3.63) is 108 Å². The van der Waals surface area contributed by atoms with Crippen LogP contribution in [0.2, 0.25) is 0 Å². The Labute approximate surface area is 226 Å². The molecular formula is C30H28N2O5S. The number of carbonyl (C=O) groups excluding carboxylic acids is 2. The lowest BCUT2D eigenvalue weighted by Gasteiger charge is -2.18. The summed E-state index contributed by atoms with van der Waals surface area (Å²) in [5.74, 6) is 0.998. The van der Waals surface area contributed by atoms with Crippen LogP contribution in [0.5, 0.6) is 17.2 Å². The molecule has 1 unspecified atom stereocenters. The predicted molar refractivity (Wildman–Crippen MR) is 151 cm³/mol. The van der Waals surface area contributed by atoms with Gasteiger partial charge in [0.2, 0.25) is 5.91 Å². The largest absolute Gasteiger partial charge is 0.497 e. The standard InChI is InChI=1S/C30H28N2O5S/c1-35-23-17-15-21(16-18-23)31-30(34)28(20-9-5-4-6-10-20)38-24-12-7-11-22(19-24)32-29(33)27-25(36-2)13-8-14-26(27)37-3/h4-19,28H,1-3H3,(H,31,34)(H,32,33). The first kappa shape index (κ1) is 26.6. The Hall–Kier alpha value is -4.43. The second-order valence-corrected chi connectivity index (χ2v) is 9.32. The maximum absolute atomic E-state index is 13.4. The highest BCUT2D eigenvalue weighted by molar-refractivity contribution is 8.00. The first-order valence-electron chi connectivity index (χ1n) is 11.8. The lowest BCUT2D eigenvalue weighted by Crippen LogP contribution is -2.19. The number of carbonyl (C=O) groups is 2. The molecule has 1 atom stereocenters. The van der Waals surface area contributed by atoms with Crippen molar-refractivity contribution < 1.29 is 23.8 Å². The molecule has 0 bridgehead atoms. The van der Waals surface area contributed by atoms with E-state index in [1.54, 1.807) is 55.6 Å². The fourth-order valence-electron chi connectivity index (χ4n) is 3.83. The molecule has 0 fully saturated rings. The van der Waals surface area contributed by atoms with Gasteiger partial charge in [-0.25, -0.2) is 0 Å². The van der Waals surface area contributed by atoms with E-state index in [1.807, 2.05) is 48.5 Å². The van der Waals surface area contributed by atoms with Gasteiger partial charge in [0.25, 0.3) is 5.91 Å². The monoisotopic (exact) mass is 528 g/mol. The van der Waals surface area contributed by atoms with Crippen molar-refractivity contribution in [2.45, 2.75) is 10.1 Å². The predicted octanol–water partition coefficient (Wildman–Crippen LogP) is 6.44. The smallest absolute Gasteiger partial charge is 0.263 e. The van der Waals surface area contributed by atoms with Crippen molar-refractivity contribution >= 4 is 35.0 Å². The fourth-order valence-corrected chi connectivity index (χ4v) is 4.92. The van der Waals surface area contributed by atoms with E-state index in [2.05, 4.69) is 10.6 Å². The lowest BCUT2D eigenvalue weighted by atomic mass is 10.1. The van der Waals surface area contributed by atoms with E-state index in [0.29, 0.717) is 34.2 Å². The lowest BCUT2D eigenvalue weighted by molar-refractivity contribution is -0.115. The third-order valence-corrected chi connectivity index (χ3v) is 6.95. The van der Waals surface area contributed by atoms with Gasteiger partial charge < -0.3 is 24.8 Å². The molecule has 0 aromatic heterocycles. The number of amides is 2. The molecule has 4 aromatic carbocycles. The van der Waals surface area contributed by atoms with E-state index in [1.165, 1.54) is 26.0 Å². The first-order valence-corrected chi connectivity index (χ1v) is 12.7. The highest BCUT2D eigenvalue weighted by Crippen LogP contribution is 2.37. The topological polar surface area (TPSA) is 85.9 Å². The van der Waals surface area contributed by atoms with Gasteiger partial charge in [-0.1, -0.05) is 42.5 Å². The highest BCUT2D eigenvalue weighted by Gasteiger charge is 2.23. The average molecular weight is 529 g/mol. The van der Waals surface area contributed by atoms with E-state index in [-0.39, 0.29) is 11.8 Å². The van der Waals surface area contributed by atoms with E-state index >= 15 is 0 Å². The number of benzene rings is 4. The number of thioether (sulfide) groups is 1. The van der Waals surface area contributed by atoms with Crippen LogP contribution >= 0.6 is 11.8 Å². The molecule has 2 N–H and O–H groups in total. The third-order valence-electron chi connectivity index (χ3n) is 5.70. The minimum Gasteiger partial charge on any atom is -0.497 e. The average Bonchev–Trinajstić information content (AvgIpc) is 2.96. The van der Waals surface area contributed by atoms with E-state index in [4.69, 9.17) is 14.2 Å². The summed E-state index contributed by atoms with van der Waals surface area (Å²) in [6.45, 7) is 0. The van der Waals surface area contributed by atoms with E-state index < -0.39 is 5.25 Å². The zero-order valence-corrected chi connectivity index (χ0v) is 22.1. The zero-order chi connectivity index (χ0) is 26.9. The second-order valence-electron chi connectivity index (χ2n) is 8.15. The molecule has 0 radical (unpaired) electrons. The molecule has 194 valence electrons. The molecule has 0 aliphatic carbocycles. The summed E-state index contributed by atoms with van der Waals surface area (Å²) in [4.78, 5) is 27.3. The Morgan fingerprint density at radius 3 is 1.97 bits per heavy atom. The van der Waals surface area contributed by atoms with Crippen LogP contribution in [-0.4, -0.2) is 33.1 Å². The van der Waals surface area contributed by atoms with Gasteiger partial charge in [-0.05, 0) is 60.2 Å². The Morgan fingerprint density at radius 2 is 1.34 bits per heavy atom. The summed E-state index contributed by atoms with van der Waals surface area (Å²) < 4.78 is 15.9. The van der Waals surface area contributed by atoms with E-state index in [0.717, 1.165) is 10.5 Å². The molecule has 8 heteroatoms. The van der Waals surface area contributed by atoms with Crippen molar-refractivity contribution in [1.82, 2.24) is 0 Å². The summed E-state index contributed by atoms with van der Waals surface area (Å²) in [5.41, 5.74) is 2.41. The third kappa shape index (κ3) is 6.46. The summed E-state index contributed by atoms with van der Waals surface area (Å²) in [6, 6.07) is 29.3. The van der Waals surface area contributed by atoms with E-state index in [9.17, 15) is 9.59 Å². The van der Waals surface area contributed by atoms with Crippen LogP contribution < -0.4 is 24.8 Å². The molecule has 7 nitrogen and oxygen atoms in total. The normalized spacial score (nSPS) is 11.2. The molecule has 0 spiro atoms. The van der Waals surface area contributed by atoms with Crippen molar-refractivity contribution in [3.8, 4) is 17.2 Å². The van der Waals surface area contributed by atoms with Crippen LogP contribution in [0.1, 0.15) is 21.2 Å². The van der Waals surface area contributed by atoms with Gasteiger partial charge >= 0.3 is 0 Å². The Morgan fingerprint density at radius 1 is 0.684 bits per heavy atom. The number of methoxy groups -OCH3 is 3. The minimum atomic E-state index is -0.529. The van der Waals surface area contributed by atoms with Gasteiger partial charge in [-0.15, -0.1) is 11.8 Å². The van der Waals surface area contributed by atoms with Crippen molar-refractivity contribution in [3.63, 3.8) is 0 Å². The van der Waals surface area contributed by atoms with Crippen LogP contribution in [0, 0.1) is 0 Å². The fraction of sp³-hybridized carbons (Fsp3) is 0.133. The molecule has 0 saturated carbocycles. The Kier molecular flexibility index (Phi) is 8.89. The van der Waals surface area contributed by atoms with Gasteiger partial charge in [0.15, 0.2) is 0 Å². The maximum Gasteiger partial charge on any atom is 0.263 e. The number of hydrogen-bond donors (Lipinski definition) is 2. The molecule has 0 saturated heterocycles. The molecule has 4 rings (SSSR count). The van der Waals surface area contributed by atoms with Gasteiger partial charge in [0, 0.05) is 16.3 Å². The summed E-state index contributed by atoms with van der Waals surface area (Å²) in [7, 11) is 4.60. The SMILES string of the molecule is COc1ccc(NC(=O)C(Sc2cccc(NC(=O)c3c(OC)cccc3OC)c2)c2ccccc2)cc1. The van der Waals surface area contributed by atoms with Crippen LogP contribution in [0.15, 0.2) is 102 Å². The Bertz CT molecular complexity index is 1370. The van der Waals surface area contributed by atoms with Crippen LogP contribution in [0.25, 0.3) is 0 Å². The second kappa shape index (κ2) is 12.7. The van der Waals surface area contributed by atoms with Gasteiger partial charge in [-0.2, -0.15) is 0 Å². The number of hydrogen-bond acceptors (Lipinski definition) is 6. The molecule has 0 aliphatic rings. The van der Waals surface area contributed by atoms with Gasteiger partial charge in [0.1, 0.15) is 28.1 Å². The number of anilines is 2. The Balaban J connectivity index is 1.56. The highest BCUT2D eigenvalue weighted by atomic mass is 32.2. The zero-order valence-electron chi connectivity index (χ0n) is 21.3. The van der Waals surface area contributed by atoms with Crippen LogP contribution in [0.3, 0.4) is 0 Å². The summed E-state index contributed by atoms with van der Waals surface area (Å²) >= 11 is 1.39. The molecule has 2 amide bonds. The number of ether oxygens (including phenoxy) is 3. The molecule has 0 heterocycles. The summed E-state index contributed by atoms with van der Waals surface area (Å²) in [5, 5.41) is 5.38. The quantitative estimate of drug-likeness (QED) is 0.231. The van der Waals surface area contributed by atoms with Crippen LogP contribution in [0.4, 0.5) is 11.4 Å². The summed E-state index contributed by atoms with van der Waals surface area (Å²) in [6.07, 6.45) is 0. The van der Waals surface area contributed by atoms with Gasteiger partial charge in [-0.3, -0.25) is 9.59 Å². The molecule has 38 heavy (non-hydrogen) atoms. The first-order chi connectivity index (χ1) is 18.5. The van der Waals surface area contributed by atoms with Crippen molar-refractivity contribution in [1.29, 1.82) is 0 Å². The van der Waals surface area contributed by atoms with Crippen LogP contribution in [-0.2, 0) is 4.79 Å². The minimum absolute atomic E-state index is 0.167. The molecule has 0 aliphatic heterocycles. The number of nitrogens with one attached hydrogen (secondary N) is 2. The number of rotatable bonds is 10. The van der Waals surface area contributed by atoms with Crippen molar-refractivity contribution in [2.75, 3.05) is 32.0 Å². The van der Waals surface area contributed by atoms with Gasteiger partial charge in [0.05, 0.1) is 21.3 Å². The molecule has 4 aromatic rings.